The average Bonchev–Trinajstić information content (AvgIpc) is 3.05. The predicted octanol–water partition coefficient (Wildman–Crippen LogP) is 0.316. The zero-order chi connectivity index (χ0) is 13.5. The quantitative estimate of drug-likeness (QED) is 0.599. The highest BCUT2D eigenvalue weighted by atomic mass is 16.3. The van der Waals surface area contributed by atoms with Crippen LogP contribution in [0.1, 0.15) is 11.6 Å². The number of aryl methyl sites for hydroxylation is 1. The topological polar surface area (TPSA) is 80.3 Å². The van der Waals surface area contributed by atoms with Crippen LogP contribution in [0.25, 0.3) is 0 Å². The van der Waals surface area contributed by atoms with Gasteiger partial charge in [0.05, 0.1) is 12.8 Å². The maximum atomic E-state index is 5.26. The first-order valence-corrected chi connectivity index (χ1v) is 6.09. The Morgan fingerprint density at radius 3 is 3.00 bits per heavy atom. The van der Waals surface area contributed by atoms with Crippen LogP contribution >= 0.6 is 0 Å². The summed E-state index contributed by atoms with van der Waals surface area (Å²) < 4.78 is 6.99. The Bertz CT molecular complexity index is 516. The summed E-state index contributed by atoms with van der Waals surface area (Å²) in [6.45, 7) is 1.34. The monoisotopic (exact) mass is 262 g/mol. The molecule has 0 unspecified atom stereocenters. The molecule has 2 rings (SSSR count). The lowest BCUT2D eigenvalue weighted by molar-refractivity contribution is 0.506. The average molecular weight is 262 g/mol. The fraction of sp³-hybridized carbons (Fsp3) is 0.417. The van der Waals surface area contributed by atoms with Crippen LogP contribution in [-0.4, -0.2) is 34.3 Å². The summed E-state index contributed by atoms with van der Waals surface area (Å²) in [5, 5.41) is 10.4. The van der Waals surface area contributed by atoms with E-state index in [1.165, 1.54) is 6.33 Å². The van der Waals surface area contributed by atoms with Crippen LogP contribution in [-0.2, 0) is 20.0 Å². The molecular formula is C12H18N6O. The molecule has 0 aliphatic carbocycles. The number of hydrogen-bond acceptors (Lipinski definition) is 4. The molecule has 0 spiro atoms. The van der Waals surface area contributed by atoms with Gasteiger partial charge >= 0.3 is 0 Å². The molecule has 2 aromatic rings. The number of aromatic nitrogens is 3. The number of furan rings is 1. The molecule has 0 fully saturated rings. The van der Waals surface area contributed by atoms with Crippen LogP contribution in [0, 0.1) is 0 Å². The molecule has 0 bridgehead atoms. The highest BCUT2D eigenvalue weighted by Gasteiger charge is 2.02. The van der Waals surface area contributed by atoms with Crippen molar-refractivity contribution in [1.82, 2.24) is 25.4 Å². The predicted molar refractivity (Wildman–Crippen MR) is 71.6 cm³/mol. The number of rotatable bonds is 5. The van der Waals surface area contributed by atoms with Crippen molar-refractivity contribution in [1.29, 1.82) is 0 Å². The second-order valence-corrected chi connectivity index (χ2v) is 3.98. The molecule has 0 aliphatic heterocycles. The van der Waals surface area contributed by atoms with Crippen LogP contribution in [0.5, 0.6) is 0 Å². The van der Waals surface area contributed by atoms with Crippen molar-refractivity contribution in [2.24, 2.45) is 12.0 Å². The van der Waals surface area contributed by atoms with Crippen molar-refractivity contribution < 1.29 is 4.42 Å². The highest BCUT2D eigenvalue weighted by Crippen LogP contribution is 1.99. The summed E-state index contributed by atoms with van der Waals surface area (Å²) in [5.41, 5.74) is 0. The van der Waals surface area contributed by atoms with Gasteiger partial charge in [0.1, 0.15) is 17.9 Å². The van der Waals surface area contributed by atoms with Gasteiger partial charge in [-0.3, -0.25) is 9.67 Å². The molecule has 0 aliphatic rings. The lowest BCUT2D eigenvalue weighted by atomic mass is 10.3. The number of nitrogens with one attached hydrogen (secondary N) is 2. The Labute approximate surface area is 111 Å². The molecule has 19 heavy (non-hydrogen) atoms. The molecule has 2 aromatic heterocycles. The lowest BCUT2D eigenvalue weighted by Gasteiger charge is -2.10. The normalized spacial score (nSPS) is 11.6. The molecular weight excluding hydrogens is 244 g/mol. The Morgan fingerprint density at radius 2 is 2.37 bits per heavy atom. The molecule has 0 saturated heterocycles. The second kappa shape index (κ2) is 6.58. The minimum Gasteiger partial charge on any atom is -0.469 e. The van der Waals surface area contributed by atoms with E-state index in [2.05, 4.69) is 25.7 Å². The number of nitrogens with zero attached hydrogens (tertiary/aromatic N) is 4. The Balaban J connectivity index is 1.73. The van der Waals surface area contributed by atoms with E-state index < -0.39 is 0 Å². The van der Waals surface area contributed by atoms with E-state index in [0.717, 1.165) is 30.5 Å². The molecule has 7 nitrogen and oxygen atoms in total. The Kier molecular flexibility index (Phi) is 4.54. The zero-order valence-electron chi connectivity index (χ0n) is 11.1. The van der Waals surface area contributed by atoms with Crippen molar-refractivity contribution >= 4 is 5.96 Å². The highest BCUT2D eigenvalue weighted by molar-refractivity contribution is 5.79. The van der Waals surface area contributed by atoms with Gasteiger partial charge in [-0.25, -0.2) is 4.98 Å². The van der Waals surface area contributed by atoms with Crippen molar-refractivity contribution in [3.8, 4) is 0 Å². The third-order valence-corrected chi connectivity index (χ3v) is 2.69. The molecule has 7 heteroatoms. The number of hydrogen-bond donors (Lipinski definition) is 2. The largest absolute Gasteiger partial charge is 0.469 e. The van der Waals surface area contributed by atoms with E-state index in [1.807, 2.05) is 19.2 Å². The number of guanidine groups is 1. The van der Waals surface area contributed by atoms with E-state index in [-0.39, 0.29) is 0 Å². The van der Waals surface area contributed by atoms with Gasteiger partial charge in [-0.1, -0.05) is 0 Å². The van der Waals surface area contributed by atoms with Crippen molar-refractivity contribution in [2.75, 3.05) is 13.6 Å². The Hall–Kier alpha value is -2.31. The van der Waals surface area contributed by atoms with Gasteiger partial charge in [0.25, 0.3) is 0 Å². The van der Waals surface area contributed by atoms with Gasteiger partial charge in [-0.05, 0) is 12.1 Å². The van der Waals surface area contributed by atoms with Crippen molar-refractivity contribution in [3.05, 3.63) is 36.3 Å². The SMILES string of the molecule is CN=C(NCCc1ccco1)NCc1ncnn1C. The van der Waals surface area contributed by atoms with Crippen molar-refractivity contribution in [3.63, 3.8) is 0 Å². The second-order valence-electron chi connectivity index (χ2n) is 3.98. The molecule has 102 valence electrons. The third kappa shape index (κ3) is 3.84. The fourth-order valence-corrected chi connectivity index (χ4v) is 1.62. The first-order valence-electron chi connectivity index (χ1n) is 6.09. The van der Waals surface area contributed by atoms with Gasteiger partial charge in [-0.15, -0.1) is 0 Å². The maximum absolute atomic E-state index is 5.26. The zero-order valence-corrected chi connectivity index (χ0v) is 11.1. The number of aliphatic imine (C=N–C) groups is 1. The summed E-state index contributed by atoms with van der Waals surface area (Å²) in [7, 11) is 3.59. The molecule has 0 atom stereocenters. The minimum atomic E-state index is 0.580. The molecule has 0 radical (unpaired) electrons. The molecule has 2 heterocycles. The van der Waals surface area contributed by atoms with Crippen LogP contribution in [0.3, 0.4) is 0 Å². The first kappa shape index (κ1) is 13.1. The summed E-state index contributed by atoms with van der Waals surface area (Å²) in [4.78, 5) is 8.28. The third-order valence-electron chi connectivity index (χ3n) is 2.69. The summed E-state index contributed by atoms with van der Waals surface area (Å²) in [6, 6.07) is 3.84. The minimum absolute atomic E-state index is 0.580. The van der Waals surface area contributed by atoms with Crippen LogP contribution in [0.2, 0.25) is 0 Å². The molecule has 2 N–H and O–H groups in total. The summed E-state index contributed by atoms with van der Waals surface area (Å²) in [5.74, 6) is 2.54. The lowest BCUT2D eigenvalue weighted by Crippen LogP contribution is -2.38. The van der Waals surface area contributed by atoms with E-state index in [0.29, 0.717) is 6.54 Å². The first-order chi connectivity index (χ1) is 9.29. The maximum Gasteiger partial charge on any atom is 0.191 e. The van der Waals surface area contributed by atoms with Gasteiger partial charge in [0.2, 0.25) is 0 Å². The molecule has 0 saturated carbocycles. The van der Waals surface area contributed by atoms with Crippen LogP contribution in [0.15, 0.2) is 34.1 Å². The smallest absolute Gasteiger partial charge is 0.191 e. The van der Waals surface area contributed by atoms with E-state index in [1.54, 1.807) is 18.0 Å². The standard InChI is InChI=1S/C12H18N6O/c1-13-12(14-6-5-10-4-3-7-19-10)15-8-11-16-9-17-18(11)2/h3-4,7,9H,5-6,8H2,1-2H3,(H2,13,14,15). The van der Waals surface area contributed by atoms with E-state index in [9.17, 15) is 0 Å². The van der Waals surface area contributed by atoms with Gasteiger partial charge < -0.3 is 15.1 Å². The van der Waals surface area contributed by atoms with E-state index in [4.69, 9.17) is 4.42 Å². The molecule has 0 aromatic carbocycles. The Morgan fingerprint density at radius 1 is 1.47 bits per heavy atom. The van der Waals surface area contributed by atoms with Gasteiger partial charge in [0, 0.05) is 27.1 Å². The van der Waals surface area contributed by atoms with E-state index >= 15 is 0 Å². The van der Waals surface area contributed by atoms with Gasteiger partial charge in [-0.2, -0.15) is 5.10 Å². The summed E-state index contributed by atoms with van der Waals surface area (Å²) in [6.07, 6.45) is 4.03. The van der Waals surface area contributed by atoms with Crippen LogP contribution < -0.4 is 10.6 Å². The fourth-order valence-electron chi connectivity index (χ4n) is 1.62. The molecule has 0 amide bonds. The van der Waals surface area contributed by atoms with Crippen LogP contribution in [0.4, 0.5) is 0 Å². The summed E-state index contributed by atoms with van der Waals surface area (Å²) >= 11 is 0. The van der Waals surface area contributed by atoms with Crippen molar-refractivity contribution in [2.45, 2.75) is 13.0 Å². The van der Waals surface area contributed by atoms with Gasteiger partial charge in [0.15, 0.2) is 5.96 Å².